The van der Waals surface area contributed by atoms with Crippen LogP contribution in [0.5, 0.6) is 17.2 Å². The molecule has 0 aliphatic carbocycles. The molecule has 6 heteroatoms. The maximum absolute atomic E-state index is 12.2. The zero-order valence-electron chi connectivity index (χ0n) is 15.4. The van der Waals surface area contributed by atoms with Crippen molar-refractivity contribution in [1.29, 1.82) is 0 Å². The van der Waals surface area contributed by atoms with Crippen LogP contribution in [-0.2, 0) is 9.53 Å². The summed E-state index contributed by atoms with van der Waals surface area (Å²) in [6.07, 6.45) is 0.545. The van der Waals surface area contributed by atoms with Crippen LogP contribution in [0.2, 0.25) is 0 Å². The summed E-state index contributed by atoms with van der Waals surface area (Å²) in [5, 5.41) is 9.39. The predicted octanol–water partition coefficient (Wildman–Crippen LogP) is 3.81. The minimum atomic E-state index is -0.498. The van der Waals surface area contributed by atoms with Gasteiger partial charge >= 0.3 is 11.9 Å². The van der Waals surface area contributed by atoms with Crippen molar-refractivity contribution in [3.05, 3.63) is 65.7 Å². The van der Waals surface area contributed by atoms with Crippen LogP contribution in [0.4, 0.5) is 0 Å². The monoisotopic (exact) mass is 370 g/mol. The number of carbonyl (C=O) groups is 2. The van der Waals surface area contributed by atoms with Gasteiger partial charge in [-0.15, -0.1) is 0 Å². The molecule has 0 heterocycles. The van der Waals surface area contributed by atoms with Crippen LogP contribution in [-0.4, -0.2) is 30.3 Å². The summed E-state index contributed by atoms with van der Waals surface area (Å²) in [5.41, 5.74) is 1.40. The van der Waals surface area contributed by atoms with E-state index in [1.165, 1.54) is 12.1 Å². The van der Waals surface area contributed by atoms with E-state index in [0.717, 1.165) is 0 Å². The molecule has 27 heavy (non-hydrogen) atoms. The summed E-state index contributed by atoms with van der Waals surface area (Å²) in [5.74, 6) is 0.188. The van der Waals surface area contributed by atoms with Gasteiger partial charge in [-0.3, -0.25) is 0 Å². The fraction of sp³-hybridized carbons (Fsp3) is 0.238. The first-order valence-corrected chi connectivity index (χ1v) is 8.44. The first kappa shape index (κ1) is 20.0. The number of rotatable bonds is 8. The van der Waals surface area contributed by atoms with Gasteiger partial charge in [0.15, 0.2) is 0 Å². The fourth-order valence-electron chi connectivity index (χ4n) is 2.13. The number of ether oxygens (including phenoxy) is 3. The molecule has 1 N–H and O–H groups in total. The fourth-order valence-corrected chi connectivity index (χ4v) is 2.13. The van der Waals surface area contributed by atoms with Crippen LogP contribution in [0.1, 0.15) is 29.3 Å². The molecule has 2 rings (SSSR count). The number of aryl methyl sites for hydroxylation is 1. The Balaban J connectivity index is 1.81. The molecule has 142 valence electrons. The number of benzene rings is 2. The first-order chi connectivity index (χ1) is 12.9. The Morgan fingerprint density at radius 2 is 1.78 bits per heavy atom. The number of esters is 2. The van der Waals surface area contributed by atoms with E-state index in [0.29, 0.717) is 41.2 Å². The van der Waals surface area contributed by atoms with Gasteiger partial charge in [-0.25, -0.2) is 9.59 Å². The van der Waals surface area contributed by atoms with E-state index in [2.05, 4.69) is 6.58 Å². The second-order valence-corrected chi connectivity index (χ2v) is 5.98. The largest absolute Gasteiger partial charge is 0.508 e. The number of carbonyl (C=O) groups excluding carboxylic acids is 2. The Hall–Kier alpha value is -3.28. The highest BCUT2D eigenvalue weighted by Gasteiger charge is 2.11. The molecule has 0 bridgehead atoms. The molecule has 0 aliphatic heterocycles. The van der Waals surface area contributed by atoms with Crippen LogP contribution in [0.3, 0.4) is 0 Å². The molecule has 0 aromatic heterocycles. The molecule has 2 aromatic rings. The highest BCUT2D eigenvalue weighted by molar-refractivity contribution is 5.91. The summed E-state index contributed by atoms with van der Waals surface area (Å²) < 4.78 is 15.8. The second kappa shape index (κ2) is 9.43. The van der Waals surface area contributed by atoms with Crippen molar-refractivity contribution in [2.75, 3.05) is 13.2 Å². The highest BCUT2D eigenvalue weighted by atomic mass is 16.5. The summed E-state index contributed by atoms with van der Waals surface area (Å²) in [6.45, 7) is 7.47. The maximum Gasteiger partial charge on any atom is 0.343 e. The molecule has 0 saturated carbocycles. The van der Waals surface area contributed by atoms with Gasteiger partial charge < -0.3 is 19.3 Å². The van der Waals surface area contributed by atoms with E-state index in [4.69, 9.17) is 14.2 Å². The topological polar surface area (TPSA) is 82.1 Å². The minimum absolute atomic E-state index is 0.114. The Morgan fingerprint density at radius 3 is 2.41 bits per heavy atom. The van der Waals surface area contributed by atoms with Gasteiger partial charge in [-0.2, -0.15) is 0 Å². The Bertz CT molecular complexity index is 823. The molecule has 0 saturated heterocycles. The van der Waals surface area contributed by atoms with Gasteiger partial charge in [-0.05, 0) is 61.9 Å². The van der Waals surface area contributed by atoms with Gasteiger partial charge in [0, 0.05) is 12.0 Å². The molecule has 0 atom stereocenters. The zero-order chi connectivity index (χ0) is 19.8. The standard InChI is InChI=1S/C21H22O6/c1-14(2)20(23)26-12-4-11-25-18-8-5-16(6-9-18)21(24)27-19-10-7-17(22)13-15(19)3/h5-10,13,22H,1,4,11-12H2,2-3H3. The van der Waals surface area contributed by atoms with Crippen molar-refractivity contribution in [3.8, 4) is 17.2 Å². The summed E-state index contributed by atoms with van der Waals surface area (Å²) in [4.78, 5) is 23.4. The molecule has 0 radical (unpaired) electrons. The van der Waals surface area contributed by atoms with Crippen LogP contribution in [0.15, 0.2) is 54.6 Å². The number of hydrogen-bond acceptors (Lipinski definition) is 6. The van der Waals surface area contributed by atoms with Gasteiger partial charge in [0.25, 0.3) is 0 Å². The zero-order valence-corrected chi connectivity index (χ0v) is 15.4. The average Bonchev–Trinajstić information content (AvgIpc) is 2.64. The van der Waals surface area contributed by atoms with E-state index < -0.39 is 11.9 Å². The molecule has 0 aliphatic rings. The van der Waals surface area contributed by atoms with Crippen LogP contribution in [0.25, 0.3) is 0 Å². The lowest BCUT2D eigenvalue weighted by Gasteiger charge is -2.09. The van der Waals surface area contributed by atoms with Crippen LogP contribution < -0.4 is 9.47 Å². The molecular formula is C21H22O6. The predicted molar refractivity (Wildman–Crippen MR) is 100 cm³/mol. The SMILES string of the molecule is C=C(C)C(=O)OCCCOc1ccc(C(=O)Oc2ccc(O)cc2C)cc1. The second-order valence-electron chi connectivity index (χ2n) is 5.98. The number of aromatic hydroxyl groups is 1. The molecule has 2 aromatic carbocycles. The minimum Gasteiger partial charge on any atom is -0.508 e. The van der Waals surface area contributed by atoms with E-state index in [9.17, 15) is 14.7 Å². The van der Waals surface area contributed by atoms with E-state index in [1.54, 1.807) is 44.2 Å². The maximum atomic E-state index is 12.2. The van der Waals surface area contributed by atoms with Crippen molar-refractivity contribution in [1.82, 2.24) is 0 Å². The van der Waals surface area contributed by atoms with Crippen LogP contribution >= 0.6 is 0 Å². The third-order valence-corrected chi connectivity index (χ3v) is 3.59. The molecule has 6 nitrogen and oxygen atoms in total. The summed E-state index contributed by atoms with van der Waals surface area (Å²) >= 11 is 0. The lowest BCUT2D eigenvalue weighted by atomic mass is 10.2. The third kappa shape index (κ3) is 6.18. The number of phenols is 1. The Labute approximate surface area is 158 Å². The van der Waals surface area contributed by atoms with Gasteiger partial charge in [0.1, 0.15) is 17.2 Å². The lowest BCUT2D eigenvalue weighted by molar-refractivity contribution is -0.139. The third-order valence-electron chi connectivity index (χ3n) is 3.59. The highest BCUT2D eigenvalue weighted by Crippen LogP contribution is 2.23. The summed E-state index contributed by atoms with van der Waals surface area (Å²) in [6, 6.07) is 11.1. The number of phenolic OH excluding ortho intramolecular Hbond substituents is 1. The average molecular weight is 370 g/mol. The molecular weight excluding hydrogens is 348 g/mol. The Morgan fingerprint density at radius 1 is 1.07 bits per heavy atom. The summed E-state index contributed by atoms with van der Waals surface area (Å²) in [7, 11) is 0. The van der Waals surface area contributed by atoms with Crippen molar-refractivity contribution < 1.29 is 28.9 Å². The molecule has 0 unspecified atom stereocenters. The molecule has 0 fully saturated rings. The molecule has 0 amide bonds. The van der Waals surface area contributed by atoms with Crippen molar-refractivity contribution in [2.45, 2.75) is 20.3 Å². The quantitative estimate of drug-likeness (QED) is 0.329. The van der Waals surface area contributed by atoms with Gasteiger partial charge in [0.05, 0.1) is 18.8 Å². The van der Waals surface area contributed by atoms with E-state index in [1.807, 2.05) is 0 Å². The van der Waals surface area contributed by atoms with Crippen molar-refractivity contribution in [3.63, 3.8) is 0 Å². The van der Waals surface area contributed by atoms with Crippen molar-refractivity contribution >= 4 is 11.9 Å². The van der Waals surface area contributed by atoms with Gasteiger partial charge in [-0.1, -0.05) is 6.58 Å². The Kier molecular flexibility index (Phi) is 7.00. The normalized spacial score (nSPS) is 10.1. The first-order valence-electron chi connectivity index (χ1n) is 8.44. The van der Waals surface area contributed by atoms with Gasteiger partial charge in [0.2, 0.25) is 0 Å². The molecule has 0 spiro atoms. The van der Waals surface area contributed by atoms with E-state index in [-0.39, 0.29) is 12.4 Å². The van der Waals surface area contributed by atoms with Crippen molar-refractivity contribution in [2.24, 2.45) is 0 Å². The lowest BCUT2D eigenvalue weighted by Crippen LogP contribution is -2.10. The van der Waals surface area contributed by atoms with E-state index >= 15 is 0 Å². The van der Waals surface area contributed by atoms with Crippen LogP contribution in [0, 0.1) is 6.92 Å². The number of hydrogen-bond donors (Lipinski definition) is 1. The smallest absolute Gasteiger partial charge is 0.343 e.